The fourth-order valence-electron chi connectivity index (χ4n) is 4.89. The van der Waals surface area contributed by atoms with Gasteiger partial charge in [-0.1, -0.05) is 44.2 Å². The van der Waals surface area contributed by atoms with Crippen molar-refractivity contribution in [3.05, 3.63) is 60.2 Å². The van der Waals surface area contributed by atoms with E-state index in [0.717, 1.165) is 64.3 Å². The van der Waals surface area contributed by atoms with E-state index in [4.69, 9.17) is 0 Å². The average molecular weight is 450 g/mol. The van der Waals surface area contributed by atoms with Gasteiger partial charge < -0.3 is 15.5 Å². The maximum absolute atomic E-state index is 12.5. The molecule has 0 aliphatic carbocycles. The van der Waals surface area contributed by atoms with Crippen LogP contribution in [0.1, 0.15) is 32.3 Å². The molecular formula is C27H39N5O. The maximum Gasteiger partial charge on any atom is 0.238 e. The summed E-state index contributed by atoms with van der Waals surface area (Å²) in [5.74, 6) is 0.0764. The number of nitrogens with one attached hydrogen (secondary N) is 2. The molecule has 0 atom stereocenters. The monoisotopic (exact) mass is 449 g/mol. The van der Waals surface area contributed by atoms with E-state index in [1.807, 2.05) is 12.1 Å². The van der Waals surface area contributed by atoms with Crippen LogP contribution in [-0.4, -0.2) is 73.6 Å². The predicted molar refractivity (Wildman–Crippen MR) is 137 cm³/mol. The van der Waals surface area contributed by atoms with Gasteiger partial charge in [0.05, 0.1) is 6.54 Å². The first-order chi connectivity index (χ1) is 16.0. The van der Waals surface area contributed by atoms with Gasteiger partial charge in [0.25, 0.3) is 0 Å². The molecule has 0 aromatic heterocycles. The van der Waals surface area contributed by atoms with Crippen LogP contribution in [-0.2, 0) is 11.3 Å². The number of amides is 1. The number of piperidine rings is 1. The van der Waals surface area contributed by atoms with Crippen molar-refractivity contribution in [1.29, 1.82) is 0 Å². The summed E-state index contributed by atoms with van der Waals surface area (Å²) in [5, 5.41) is 6.68. The standard InChI is InChI=1S/C27H39N5O/c1-22(2)28-25-12-14-30(15-13-25)21-27(33)29-24-8-10-26(11-9-24)32-18-16-31(17-19-32)20-23-6-4-3-5-7-23/h3-11,22,25,28H,12-21H2,1-2H3,(H,29,33). The molecule has 6 nitrogen and oxygen atoms in total. The van der Waals surface area contributed by atoms with E-state index in [2.05, 4.69) is 81.6 Å². The van der Waals surface area contributed by atoms with Crippen LogP contribution in [0.3, 0.4) is 0 Å². The molecule has 0 saturated carbocycles. The number of anilines is 2. The van der Waals surface area contributed by atoms with Crippen molar-refractivity contribution in [2.24, 2.45) is 0 Å². The summed E-state index contributed by atoms with van der Waals surface area (Å²) < 4.78 is 0. The largest absolute Gasteiger partial charge is 0.369 e. The van der Waals surface area contributed by atoms with Crippen LogP contribution in [0.15, 0.2) is 54.6 Å². The minimum atomic E-state index is 0.0764. The van der Waals surface area contributed by atoms with Crippen molar-refractivity contribution in [1.82, 2.24) is 15.1 Å². The summed E-state index contributed by atoms with van der Waals surface area (Å²) in [7, 11) is 0. The molecule has 1 amide bonds. The molecule has 0 bridgehead atoms. The van der Waals surface area contributed by atoms with Crippen LogP contribution in [0.4, 0.5) is 11.4 Å². The lowest BCUT2D eigenvalue weighted by Crippen LogP contribution is -2.46. The number of rotatable bonds is 8. The zero-order chi connectivity index (χ0) is 23.0. The molecule has 33 heavy (non-hydrogen) atoms. The number of carbonyl (C=O) groups excluding carboxylic acids is 1. The number of benzene rings is 2. The van der Waals surface area contributed by atoms with Gasteiger partial charge in [0.15, 0.2) is 0 Å². The van der Waals surface area contributed by atoms with Crippen LogP contribution in [0.25, 0.3) is 0 Å². The van der Waals surface area contributed by atoms with Gasteiger partial charge in [0, 0.05) is 69.3 Å². The predicted octanol–water partition coefficient (Wildman–Crippen LogP) is 3.41. The Bertz CT molecular complexity index is 854. The van der Waals surface area contributed by atoms with Crippen molar-refractivity contribution < 1.29 is 4.79 Å². The summed E-state index contributed by atoms with van der Waals surface area (Å²) in [4.78, 5) is 19.7. The van der Waals surface area contributed by atoms with E-state index in [1.54, 1.807) is 0 Å². The summed E-state index contributed by atoms with van der Waals surface area (Å²) in [6, 6.07) is 20.1. The van der Waals surface area contributed by atoms with E-state index in [0.29, 0.717) is 18.6 Å². The fourth-order valence-corrected chi connectivity index (χ4v) is 4.89. The van der Waals surface area contributed by atoms with Crippen molar-refractivity contribution in [2.45, 2.75) is 45.3 Å². The highest BCUT2D eigenvalue weighted by Crippen LogP contribution is 2.20. The molecule has 2 fully saturated rings. The second-order valence-corrected chi connectivity index (χ2v) is 9.72. The van der Waals surface area contributed by atoms with Crippen LogP contribution in [0.5, 0.6) is 0 Å². The Kier molecular flexibility index (Phi) is 8.37. The zero-order valence-corrected chi connectivity index (χ0v) is 20.2. The molecule has 4 rings (SSSR count). The van der Waals surface area contributed by atoms with Crippen LogP contribution >= 0.6 is 0 Å². The Hall–Kier alpha value is -2.41. The first-order valence-corrected chi connectivity index (χ1v) is 12.4. The fraction of sp³-hybridized carbons (Fsp3) is 0.519. The Labute approximate surface area is 198 Å². The molecule has 2 aliphatic heterocycles. The number of hydrogen-bond acceptors (Lipinski definition) is 5. The third kappa shape index (κ3) is 7.29. The van der Waals surface area contributed by atoms with E-state index in [-0.39, 0.29) is 5.91 Å². The lowest BCUT2D eigenvalue weighted by molar-refractivity contribution is -0.117. The highest BCUT2D eigenvalue weighted by atomic mass is 16.2. The minimum absolute atomic E-state index is 0.0764. The number of carbonyl (C=O) groups is 1. The van der Waals surface area contributed by atoms with Gasteiger partial charge in [-0.15, -0.1) is 0 Å². The Morgan fingerprint density at radius 2 is 1.55 bits per heavy atom. The van der Waals surface area contributed by atoms with E-state index in [1.165, 1.54) is 11.3 Å². The zero-order valence-electron chi connectivity index (χ0n) is 20.2. The van der Waals surface area contributed by atoms with Crippen LogP contribution in [0, 0.1) is 0 Å². The van der Waals surface area contributed by atoms with Crippen molar-refractivity contribution in [2.75, 3.05) is 56.0 Å². The SMILES string of the molecule is CC(C)NC1CCN(CC(=O)Nc2ccc(N3CCN(Cc4ccccc4)CC3)cc2)CC1. The number of hydrogen-bond donors (Lipinski definition) is 2. The van der Waals surface area contributed by atoms with Crippen LogP contribution < -0.4 is 15.5 Å². The van der Waals surface area contributed by atoms with Gasteiger partial charge in [-0.3, -0.25) is 14.6 Å². The summed E-state index contributed by atoms with van der Waals surface area (Å²) in [6.45, 7) is 12.0. The summed E-state index contributed by atoms with van der Waals surface area (Å²) in [6.07, 6.45) is 2.22. The second-order valence-electron chi connectivity index (χ2n) is 9.72. The quantitative estimate of drug-likeness (QED) is 0.647. The highest BCUT2D eigenvalue weighted by molar-refractivity contribution is 5.92. The van der Waals surface area contributed by atoms with Gasteiger partial charge in [0.1, 0.15) is 0 Å². The average Bonchev–Trinajstić information content (AvgIpc) is 2.82. The third-order valence-corrected chi connectivity index (χ3v) is 6.66. The lowest BCUT2D eigenvalue weighted by atomic mass is 10.0. The first kappa shape index (κ1) is 23.7. The molecule has 2 aliphatic rings. The van der Waals surface area contributed by atoms with Gasteiger partial charge in [-0.2, -0.15) is 0 Å². The van der Waals surface area contributed by atoms with Crippen LogP contribution in [0.2, 0.25) is 0 Å². The molecule has 0 spiro atoms. The molecule has 0 radical (unpaired) electrons. The molecular weight excluding hydrogens is 410 g/mol. The normalized spacial score (nSPS) is 18.6. The molecule has 2 aromatic rings. The molecule has 178 valence electrons. The first-order valence-electron chi connectivity index (χ1n) is 12.4. The third-order valence-electron chi connectivity index (χ3n) is 6.66. The number of nitrogens with zero attached hydrogens (tertiary/aromatic N) is 3. The van der Waals surface area contributed by atoms with E-state index >= 15 is 0 Å². The highest BCUT2D eigenvalue weighted by Gasteiger charge is 2.21. The lowest BCUT2D eigenvalue weighted by Gasteiger charge is -2.36. The van der Waals surface area contributed by atoms with Crippen molar-refractivity contribution in [3.8, 4) is 0 Å². The van der Waals surface area contributed by atoms with Gasteiger partial charge in [-0.25, -0.2) is 0 Å². The topological polar surface area (TPSA) is 50.9 Å². The molecule has 6 heteroatoms. The second kappa shape index (κ2) is 11.6. The molecule has 0 unspecified atom stereocenters. The van der Waals surface area contributed by atoms with Crippen molar-refractivity contribution in [3.63, 3.8) is 0 Å². The van der Waals surface area contributed by atoms with Crippen molar-refractivity contribution >= 4 is 17.3 Å². The summed E-state index contributed by atoms with van der Waals surface area (Å²) in [5.41, 5.74) is 3.48. The van der Waals surface area contributed by atoms with Gasteiger partial charge in [-0.05, 0) is 42.7 Å². The maximum atomic E-state index is 12.5. The Morgan fingerprint density at radius 1 is 0.879 bits per heavy atom. The number of piperazine rings is 1. The minimum Gasteiger partial charge on any atom is -0.369 e. The summed E-state index contributed by atoms with van der Waals surface area (Å²) >= 11 is 0. The molecule has 2 aromatic carbocycles. The van der Waals surface area contributed by atoms with E-state index < -0.39 is 0 Å². The Balaban J connectivity index is 1.18. The smallest absolute Gasteiger partial charge is 0.238 e. The van der Waals surface area contributed by atoms with Gasteiger partial charge >= 0.3 is 0 Å². The number of likely N-dealkylation sites (tertiary alicyclic amines) is 1. The molecule has 2 saturated heterocycles. The van der Waals surface area contributed by atoms with E-state index in [9.17, 15) is 4.79 Å². The molecule has 2 N–H and O–H groups in total. The molecule has 2 heterocycles. The Morgan fingerprint density at radius 3 is 2.18 bits per heavy atom. The van der Waals surface area contributed by atoms with Gasteiger partial charge in [0.2, 0.25) is 5.91 Å².